The number of rotatable bonds is 4. The Morgan fingerprint density at radius 3 is 2.42 bits per heavy atom. The molecule has 148 valence electrons. The van der Waals surface area contributed by atoms with Crippen molar-refractivity contribution in [3.05, 3.63) is 28.8 Å². The predicted molar refractivity (Wildman–Crippen MR) is 93.0 cm³/mol. The summed E-state index contributed by atoms with van der Waals surface area (Å²) in [6.07, 6.45) is -4.89. The molecule has 1 aliphatic rings. The molecule has 2 rings (SSSR count). The largest absolute Gasteiger partial charge is 0.417 e. The number of nitrogens with one attached hydrogen (secondary N) is 1. The Morgan fingerprint density at radius 2 is 1.88 bits per heavy atom. The lowest BCUT2D eigenvalue weighted by molar-refractivity contribution is -0.139. The molecule has 0 atom stereocenters. The zero-order valence-electron chi connectivity index (χ0n) is 13.7. The summed E-state index contributed by atoms with van der Waals surface area (Å²) in [6.45, 7) is 1.46. The monoisotopic (exact) mass is 435 g/mol. The Morgan fingerprint density at radius 1 is 1.31 bits per heavy atom. The number of sulfonamides is 1. The Bertz CT molecular complexity index is 754. The molecule has 1 N–H and O–H groups in total. The average Bonchev–Trinajstić information content (AvgIpc) is 2.54. The molecular weight excluding hydrogens is 418 g/mol. The lowest BCUT2D eigenvalue weighted by atomic mass is 10.2. The van der Waals surface area contributed by atoms with E-state index in [2.05, 4.69) is 5.32 Å². The summed E-state index contributed by atoms with van der Waals surface area (Å²) in [4.78, 5) is 12.7. The molecule has 1 saturated heterocycles. The van der Waals surface area contributed by atoms with Crippen LogP contribution in [-0.4, -0.2) is 63.3 Å². The van der Waals surface area contributed by atoms with E-state index < -0.39 is 39.1 Å². The Hall–Kier alpha value is -1.07. The second-order valence-electron chi connectivity index (χ2n) is 5.53. The first kappa shape index (κ1) is 23.0. The molecule has 0 aliphatic carbocycles. The lowest BCUT2D eigenvalue weighted by Gasteiger charge is -2.29. The quantitative estimate of drug-likeness (QED) is 0.782. The Balaban J connectivity index is 0.00000338. The molecule has 0 unspecified atom stereocenters. The number of benzene rings is 1. The van der Waals surface area contributed by atoms with Crippen LogP contribution in [0.1, 0.15) is 5.56 Å². The molecule has 1 amide bonds. The minimum absolute atomic E-state index is 0. The first-order chi connectivity index (χ1) is 11.5. The zero-order chi connectivity index (χ0) is 18.8. The van der Waals surface area contributed by atoms with Gasteiger partial charge in [-0.15, -0.1) is 12.4 Å². The molecule has 12 heteroatoms. The summed E-state index contributed by atoms with van der Waals surface area (Å²) in [5, 5.41) is 2.81. The van der Waals surface area contributed by atoms with E-state index in [1.54, 1.807) is 0 Å². The van der Waals surface area contributed by atoms with Crippen LogP contribution >= 0.6 is 24.0 Å². The maximum atomic E-state index is 13.2. The van der Waals surface area contributed by atoms with Crippen molar-refractivity contribution in [2.45, 2.75) is 11.1 Å². The second kappa shape index (κ2) is 8.75. The summed E-state index contributed by atoms with van der Waals surface area (Å²) in [5.41, 5.74) is -1.36. The number of nitrogens with zero attached hydrogens (tertiary/aromatic N) is 2. The van der Waals surface area contributed by atoms with Crippen molar-refractivity contribution in [1.82, 2.24) is 14.5 Å². The van der Waals surface area contributed by atoms with Gasteiger partial charge in [0.05, 0.1) is 17.0 Å². The third kappa shape index (κ3) is 5.23. The highest BCUT2D eigenvalue weighted by molar-refractivity contribution is 7.89. The summed E-state index contributed by atoms with van der Waals surface area (Å²) in [7, 11) is -3.44. The van der Waals surface area contributed by atoms with Crippen LogP contribution in [-0.2, 0) is 21.0 Å². The van der Waals surface area contributed by atoms with E-state index in [0.29, 0.717) is 36.6 Å². The van der Waals surface area contributed by atoms with Gasteiger partial charge in [-0.25, -0.2) is 8.42 Å². The molecule has 1 fully saturated rings. The number of hydrogen-bond donors (Lipinski definition) is 1. The molecular formula is C14H18Cl2F3N3O3S. The van der Waals surface area contributed by atoms with Gasteiger partial charge in [0.1, 0.15) is 0 Å². The molecule has 26 heavy (non-hydrogen) atoms. The third-order valence-electron chi connectivity index (χ3n) is 3.76. The number of carbonyl (C=O) groups excluding carboxylic acids is 1. The summed E-state index contributed by atoms with van der Waals surface area (Å²) in [6, 6.07) is 2.42. The maximum Gasteiger partial charge on any atom is 0.417 e. The fourth-order valence-electron chi connectivity index (χ4n) is 2.41. The van der Waals surface area contributed by atoms with E-state index in [9.17, 15) is 26.4 Å². The molecule has 1 aromatic carbocycles. The van der Waals surface area contributed by atoms with Crippen molar-refractivity contribution in [2.75, 3.05) is 39.8 Å². The smallest absolute Gasteiger partial charge is 0.339 e. The van der Waals surface area contributed by atoms with Gasteiger partial charge in [0.15, 0.2) is 0 Å². The van der Waals surface area contributed by atoms with Crippen LogP contribution < -0.4 is 5.32 Å². The van der Waals surface area contributed by atoms with Crippen LogP contribution in [0.2, 0.25) is 5.02 Å². The van der Waals surface area contributed by atoms with Gasteiger partial charge in [0.2, 0.25) is 15.9 Å². The molecule has 0 aromatic heterocycles. The topological polar surface area (TPSA) is 69.7 Å². The third-order valence-corrected chi connectivity index (χ3v) is 5.86. The fraction of sp³-hybridized carbons (Fsp3) is 0.500. The van der Waals surface area contributed by atoms with E-state index in [0.717, 1.165) is 19.2 Å². The van der Waals surface area contributed by atoms with E-state index in [1.807, 2.05) is 0 Å². The fourth-order valence-corrected chi connectivity index (χ4v) is 3.89. The molecule has 0 bridgehead atoms. The average molecular weight is 436 g/mol. The van der Waals surface area contributed by atoms with Crippen molar-refractivity contribution >= 4 is 39.9 Å². The standard InChI is InChI=1S/C14H17ClF3N3O3S.ClH/c1-20(9-13(22)21-6-4-19-5-7-21)25(23,24)12-3-2-10(15)8-11(12)14(16,17)18;/h2-3,8,19H,4-7,9H2,1H3;1H. The van der Waals surface area contributed by atoms with E-state index in [-0.39, 0.29) is 17.4 Å². The van der Waals surface area contributed by atoms with Gasteiger partial charge in [-0.05, 0) is 18.2 Å². The van der Waals surface area contributed by atoms with Crippen molar-refractivity contribution in [1.29, 1.82) is 0 Å². The highest BCUT2D eigenvalue weighted by Gasteiger charge is 2.39. The normalized spacial score (nSPS) is 15.7. The molecule has 0 saturated carbocycles. The number of halogens is 5. The predicted octanol–water partition coefficient (Wildman–Crippen LogP) is 1.83. The van der Waals surface area contributed by atoms with Crippen molar-refractivity contribution in [3.63, 3.8) is 0 Å². The summed E-state index contributed by atoms with van der Waals surface area (Å²) in [5.74, 6) is -0.463. The Labute approximate surface area is 160 Å². The van der Waals surface area contributed by atoms with E-state index >= 15 is 0 Å². The van der Waals surface area contributed by atoms with Gasteiger partial charge in [0.25, 0.3) is 0 Å². The number of amides is 1. The van der Waals surface area contributed by atoms with Crippen molar-refractivity contribution in [3.8, 4) is 0 Å². The molecule has 1 aliphatic heterocycles. The molecule has 6 nitrogen and oxygen atoms in total. The first-order valence-corrected chi connectivity index (χ1v) is 9.17. The molecule has 0 radical (unpaired) electrons. The molecule has 1 aromatic rings. The van der Waals surface area contributed by atoms with Gasteiger partial charge in [0, 0.05) is 38.2 Å². The lowest BCUT2D eigenvalue weighted by Crippen LogP contribution is -2.49. The summed E-state index contributed by atoms with van der Waals surface area (Å²) < 4.78 is 65.1. The minimum Gasteiger partial charge on any atom is -0.339 e. The highest BCUT2D eigenvalue weighted by atomic mass is 35.5. The van der Waals surface area contributed by atoms with Crippen LogP contribution in [0.15, 0.2) is 23.1 Å². The second-order valence-corrected chi connectivity index (χ2v) is 7.98. The number of hydrogen-bond acceptors (Lipinski definition) is 4. The maximum absolute atomic E-state index is 13.2. The zero-order valence-corrected chi connectivity index (χ0v) is 16.1. The van der Waals surface area contributed by atoms with Crippen LogP contribution in [0.5, 0.6) is 0 Å². The van der Waals surface area contributed by atoms with Gasteiger partial charge in [-0.2, -0.15) is 17.5 Å². The van der Waals surface area contributed by atoms with Gasteiger partial charge in [-0.1, -0.05) is 11.6 Å². The number of likely N-dealkylation sites (N-methyl/N-ethyl adjacent to an activating group) is 1. The highest BCUT2D eigenvalue weighted by Crippen LogP contribution is 2.36. The number of alkyl halides is 3. The first-order valence-electron chi connectivity index (χ1n) is 7.35. The van der Waals surface area contributed by atoms with Crippen LogP contribution in [0.4, 0.5) is 13.2 Å². The molecule has 0 spiro atoms. The number of piperazine rings is 1. The minimum atomic E-state index is -4.89. The van der Waals surface area contributed by atoms with Crippen LogP contribution in [0.25, 0.3) is 0 Å². The Kier molecular flexibility index (Phi) is 7.73. The van der Waals surface area contributed by atoms with Crippen LogP contribution in [0.3, 0.4) is 0 Å². The SMILES string of the molecule is CN(CC(=O)N1CCNCC1)S(=O)(=O)c1ccc(Cl)cc1C(F)(F)F.Cl. The summed E-state index contributed by atoms with van der Waals surface area (Å²) >= 11 is 5.56. The molecule has 1 heterocycles. The number of carbonyl (C=O) groups is 1. The van der Waals surface area contributed by atoms with Crippen molar-refractivity contribution in [2.24, 2.45) is 0 Å². The van der Waals surface area contributed by atoms with Crippen LogP contribution in [0, 0.1) is 0 Å². The van der Waals surface area contributed by atoms with Gasteiger partial charge in [-0.3, -0.25) is 4.79 Å². The van der Waals surface area contributed by atoms with Gasteiger partial charge >= 0.3 is 6.18 Å². The van der Waals surface area contributed by atoms with E-state index in [4.69, 9.17) is 11.6 Å². The van der Waals surface area contributed by atoms with Gasteiger partial charge < -0.3 is 10.2 Å². The van der Waals surface area contributed by atoms with Crippen molar-refractivity contribution < 1.29 is 26.4 Å². The van der Waals surface area contributed by atoms with E-state index in [1.165, 1.54) is 4.90 Å².